The van der Waals surface area contributed by atoms with Crippen LogP contribution in [0.5, 0.6) is 5.75 Å². The zero-order valence-corrected chi connectivity index (χ0v) is 18.9. The van der Waals surface area contributed by atoms with E-state index in [1.165, 1.54) is 17.7 Å². The molecule has 1 aliphatic heterocycles. The van der Waals surface area contributed by atoms with Crippen molar-refractivity contribution in [1.82, 2.24) is 14.9 Å². The lowest BCUT2D eigenvalue weighted by Crippen LogP contribution is -2.37. The standard InChI is InChI=1S/C25H28FN3O3/c1-25(2,3)32-23(30)15-29-11-8-16(9-12-29)21-14-20-18(7-10-27-24(20)28-21)19-13-17(26)5-6-22(19)31-4/h5-8,10,13-14H,9,11-12,15H2,1-4H3,(H,27,28). The average molecular weight is 438 g/mol. The molecule has 0 fully saturated rings. The van der Waals surface area contributed by atoms with Crippen molar-refractivity contribution in [1.29, 1.82) is 0 Å². The lowest BCUT2D eigenvalue weighted by Gasteiger charge is -2.27. The maximum atomic E-state index is 14.0. The second-order valence-corrected chi connectivity index (χ2v) is 8.95. The van der Waals surface area contributed by atoms with Gasteiger partial charge in [0.25, 0.3) is 0 Å². The molecule has 32 heavy (non-hydrogen) atoms. The number of aromatic amines is 1. The molecule has 0 amide bonds. The SMILES string of the molecule is COc1ccc(F)cc1-c1ccnc2[nH]c(C3=CCN(CC(=O)OC(C)(C)C)CC3)cc12. The molecule has 0 saturated heterocycles. The number of benzene rings is 1. The smallest absolute Gasteiger partial charge is 0.320 e. The normalized spacial score (nSPS) is 15.0. The summed E-state index contributed by atoms with van der Waals surface area (Å²) in [6.45, 7) is 7.32. The molecule has 0 radical (unpaired) electrons. The molecule has 0 bridgehead atoms. The predicted octanol–water partition coefficient (Wildman–Crippen LogP) is 4.81. The van der Waals surface area contributed by atoms with E-state index in [2.05, 4.69) is 27.0 Å². The van der Waals surface area contributed by atoms with Gasteiger partial charge in [0.2, 0.25) is 0 Å². The molecule has 0 atom stereocenters. The number of carbonyl (C=O) groups excluding carboxylic acids is 1. The van der Waals surface area contributed by atoms with Gasteiger partial charge in [-0.2, -0.15) is 0 Å². The third-order valence-electron chi connectivity index (χ3n) is 5.40. The first-order chi connectivity index (χ1) is 15.2. The van der Waals surface area contributed by atoms with Gasteiger partial charge in [0.1, 0.15) is 22.8 Å². The summed E-state index contributed by atoms with van der Waals surface area (Å²) in [6.07, 6.45) is 4.63. The fraction of sp³-hybridized carbons (Fsp3) is 0.360. The van der Waals surface area contributed by atoms with Gasteiger partial charge in [-0.25, -0.2) is 9.37 Å². The highest BCUT2D eigenvalue weighted by molar-refractivity contribution is 5.96. The van der Waals surface area contributed by atoms with Crippen LogP contribution in [-0.4, -0.2) is 53.2 Å². The third-order valence-corrected chi connectivity index (χ3v) is 5.40. The van der Waals surface area contributed by atoms with Gasteiger partial charge in [-0.15, -0.1) is 0 Å². The monoisotopic (exact) mass is 437 g/mol. The summed E-state index contributed by atoms with van der Waals surface area (Å²) < 4.78 is 24.8. The zero-order valence-electron chi connectivity index (χ0n) is 18.9. The molecule has 7 heteroatoms. The number of methoxy groups -OCH3 is 1. The molecule has 0 unspecified atom stereocenters. The van der Waals surface area contributed by atoms with E-state index in [0.29, 0.717) is 17.9 Å². The van der Waals surface area contributed by atoms with Crippen LogP contribution in [0, 0.1) is 5.82 Å². The number of aromatic nitrogens is 2. The number of hydrogen-bond acceptors (Lipinski definition) is 5. The summed E-state index contributed by atoms with van der Waals surface area (Å²) in [5.41, 5.74) is 3.95. The van der Waals surface area contributed by atoms with E-state index in [1.54, 1.807) is 19.4 Å². The minimum atomic E-state index is -0.479. The Balaban J connectivity index is 1.57. The topological polar surface area (TPSA) is 67.5 Å². The van der Waals surface area contributed by atoms with Crippen molar-refractivity contribution in [3.63, 3.8) is 0 Å². The minimum absolute atomic E-state index is 0.210. The van der Waals surface area contributed by atoms with Crippen molar-refractivity contribution in [2.45, 2.75) is 32.8 Å². The molecular weight excluding hydrogens is 409 g/mol. The Kier molecular flexibility index (Phi) is 6.02. The lowest BCUT2D eigenvalue weighted by atomic mass is 10.0. The van der Waals surface area contributed by atoms with Crippen LogP contribution < -0.4 is 4.74 Å². The second kappa shape index (κ2) is 8.74. The molecule has 2 aromatic heterocycles. The van der Waals surface area contributed by atoms with Crippen LogP contribution in [0.4, 0.5) is 4.39 Å². The van der Waals surface area contributed by atoms with Crippen LogP contribution in [0.3, 0.4) is 0 Å². The van der Waals surface area contributed by atoms with Crippen LogP contribution in [-0.2, 0) is 9.53 Å². The molecule has 3 heterocycles. The van der Waals surface area contributed by atoms with E-state index >= 15 is 0 Å². The lowest BCUT2D eigenvalue weighted by molar-refractivity contribution is -0.156. The largest absolute Gasteiger partial charge is 0.496 e. The molecule has 1 aromatic carbocycles. The summed E-state index contributed by atoms with van der Waals surface area (Å²) >= 11 is 0. The van der Waals surface area contributed by atoms with Crippen LogP contribution in [0.15, 0.2) is 42.6 Å². The Morgan fingerprint density at radius 2 is 2.03 bits per heavy atom. The van der Waals surface area contributed by atoms with Crippen molar-refractivity contribution in [2.24, 2.45) is 0 Å². The second-order valence-electron chi connectivity index (χ2n) is 8.95. The number of esters is 1. The number of hydrogen-bond donors (Lipinski definition) is 1. The molecule has 4 rings (SSSR count). The van der Waals surface area contributed by atoms with Gasteiger partial charge >= 0.3 is 5.97 Å². The average Bonchev–Trinajstić information content (AvgIpc) is 3.17. The number of carbonyl (C=O) groups is 1. The van der Waals surface area contributed by atoms with Crippen LogP contribution in [0.25, 0.3) is 27.7 Å². The molecule has 0 spiro atoms. The summed E-state index contributed by atoms with van der Waals surface area (Å²) in [5.74, 6) is 0.0794. The maximum absolute atomic E-state index is 14.0. The number of rotatable bonds is 5. The molecule has 3 aromatic rings. The molecule has 0 saturated carbocycles. The van der Waals surface area contributed by atoms with Crippen molar-refractivity contribution < 1.29 is 18.7 Å². The van der Waals surface area contributed by atoms with Gasteiger partial charge in [-0.05, 0) is 68.7 Å². The molecular formula is C25H28FN3O3. The zero-order chi connectivity index (χ0) is 22.9. The fourth-order valence-electron chi connectivity index (χ4n) is 3.98. The molecule has 6 nitrogen and oxygen atoms in total. The van der Waals surface area contributed by atoms with E-state index in [9.17, 15) is 9.18 Å². The van der Waals surface area contributed by atoms with E-state index in [-0.39, 0.29) is 18.3 Å². The minimum Gasteiger partial charge on any atom is -0.496 e. The highest BCUT2D eigenvalue weighted by Crippen LogP contribution is 2.36. The number of pyridine rings is 1. The van der Waals surface area contributed by atoms with Crippen LogP contribution in [0.2, 0.25) is 0 Å². The van der Waals surface area contributed by atoms with Crippen molar-refractivity contribution in [2.75, 3.05) is 26.7 Å². The molecule has 168 valence electrons. The van der Waals surface area contributed by atoms with E-state index < -0.39 is 5.60 Å². The Labute approximate surface area is 187 Å². The number of fused-ring (bicyclic) bond motifs is 1. The summed E-state index contributed by atoms with van der Waals surface area (Å²) in [7, 11) is 1.58. The summed E-state index contributed by atoms with van der Waals surface area (Å²) in [5, 5.41) is 0.906. The third kappa shape index (κ3) is 4.83. The Bertz CT molecular complexity index is 1180. The van der Waals surface area contributed by atoms with E-state index in [0.717, 1.165) is 35.3 Å². The van der Waals surface area contributed by atoms with Gasteiger partial charge < -0.3 is 14.5 Å². The summed E-state index contributed by atoms with van der Waals surface area (Å²) in [6, 6.07) is 8.42. The Hall–Kier alpha value is -3.19. The number of nitrogens with zero attached hydrogens (tertiary/aromatic N) is 2. The first kappa shape index (κ1) is 22.0. The van der Waals surface area contributed by atoms with Gasteiger partial charge in [-0.3, -0.25) is 9.69 Å². The van der Waals surface area contributed by atoms with Gasteiger partial charge in [-0.1, -0.05) is 6.08 Å². The van der Waals surface area contributed by atoms with Crippen LogP contribution in [0.1, 0.15) is 32.9 Å². The van der Waals surface area contributed by atoms with Crippen molar-refractivity contribution in [3.8, 4) is 16.9 Å². The fourth-order valence-corrected chi connectivity index (χ4v) is 3.98. The van der Waals surface area contributed by atoms with Gasteiger partial charge in [0.05, 0.1) is 13.7 Å². The first-order valence-corrected chi connectivity index (χ1v) is 10.7. The number of H-pyrrole nitrogens is 1. The Morgan fingerprint density at radius 1 is 1.22 bits per heavy atom. The number of ether oxygens (including phenoxy) is 2. The molecule has 1 N–H and O–H groups in total. The number of nitrogens with one attached hydrogen (secondary N) is 1. The van der Waals surface area contributed by atoms with Gasteiger partial charge in [0, 0.05) is 35.9 Å². The predicted molar refractivity (Wildman–Crippen MR) is 123 cm³/mol. The van der Waals surface area contributed by atoms with Crippen molar-refractivity contribution >= 4 is 22.6 Å². The quantitative estimate of drug-likeness (QED) is 0.581. The highest BCUT2D eigenvalue weighted by atomic mass is 19.1. The maximum Gasteiger partial charge on any atom is 0.320 e. The summed E-state index contributed by atoms with van der Waals surface area (Å²) in [4.78, 5) is 22.0. The van der Waals surface area contributed by atoms with Crippen LogP contribution >= 0.6 is 0 Å². The van der Waals surface area contributed by atoms with E-state index in [1.807, 2.05) is 26.8 Å². The molecule has 0 aliphatic carbocycles. The van der Waals surface area contributed by atoms with Crippen molar-refractivity contribution in [3.05, 3.63) is 54.1 Å². The van der Waals surface area contributed by atoms with Gasteiger partial charge in [0.15, 0.2) is 0 Å². The number of halogens is 1. The molecule has 1 aliphatic rings. The highest BCUT2D eigenvalue weighted by Gasteiger charge is 2.22. The van der Waals surface area contributed by atoms with E-state index in [4.69, 9.17) is 9.47 Å². The first-order valence-electron chi connectivity index (χ1n) is 10.7. The Morgan fingerprint density at radius 3 is 2.72 bits per heavy atom.